The quantitative estimate of drug-likeness (QED) is 0.575. The molecule has 29 heavy (non-hydrogen) atoms. The van der Waals surface area contributed by atoms with E-state index in [1.165, 1.54) is 13.5 Å². The molecule has 0 atom stereocenters. The van der Waals surface area contributed by atoms with Crippen LogP contribution in [0.1, 0.15) is 29.1 Å². The molecule has 0 saturated carbocycles. The second-order valence-electron chi connectivity index (χ2n) is 6.65. The molecule has 2 heterocycles. The first-order valence-corrected chi connectivity index (χ1v) is 13.0. The monoisotopic (exact) mass is 453 g/mol. The Kier molecular flexibility index (Phi) is 7.75. The summed E-state index contributed by atoms with van der Waals surface area (Å²) in [6.45, 7) is 6.05. The van der Waals surface area contributed by atoms with E-state index in [0.717, 1.165) is 10.6 Å². The van der Waals surface area contributed by atoms with E-state index in [-0.39, 0.29) is 5.91 Å². The van der Waals surface area contributed by atoms with Crippen molar-refractivity contribution in [2.75, 3.05) is 39.3 Å². The van der Waals surface area contributed by atoms with E-state index >= 15 is 0 Å². The van der Waals surface area contributed by atoms with Crippen LogP contribution in [0.5, 0.6) is 0 Å². The summed E-state index contributed by atoms with van der Waals surface area (Å²) in [7, 11) is -3.45. The van der Waals surface area contributed by atoms with Crippen LogP contribution in [0, 0.1) is 0 Å². The molecule has 0 N–H and O–H groups in total. The van der Waals surface area contributed by atoms with Crippen LogP contribution in [-0.4, -0.2) is 67.1 Å². The van der Waals surface area contributed by atoms with Gasteiger partial charge in [0.25, 0.3) is 16.1 Å². The van der Waals surface area contributed by atoms with Crippen molar-refractivity contribution in [2.45, 2.75) is 24.5 Å². The minimum Gasteiger partial charge on any atom is -0.336 e. The molecule has 1 saturated heterocycles. The predicted molar refractivity (Wildman–Crippen MR) is 120 cm³/mol. The molecule has 2 aromatic rings. The number of carbonyl (C=O) groups excluding carboxylic acids is 1. The summed E-state index contributed by atoms with van der Waals surface area (Å²) in [6.07, 6.45) is 0. The average Bonchev–Trinajstić information content (AvgIpc) is 3.26. The smallest absolute Gasteiger partial charge is 0.282 e. The molecule has 6 nitrogen and oxygen atoms in total. The normalized spacial score (nSPS) is 15.8. The van der Waals surface area contributed by atoms with Crippen LogP contribution in [0.25, 0.3) is 0 Å². The van der Waals surface area contributed by atoms with Gasteiger partial charge in [-0.2, -0.15) is 17.0 Å². The molecule has 3 rings (SSSR count). The third kappa shape index (κ3) is 5.21. The molecule has 0 bridgehead atoms. The molecule has 1 aromatic carbocycles. The Labute approximate surface area is 181 Å². The van der Waals surface area contributed by atoms with E-state index in [2.05, 4.69) is 11.4 Å². The second-order valence-corrected chi connectivity index (χ2v) is 10.6. The number of thiophene rings is 1. The zero-order valence-electron chi connectivity index (χ0n) is 16.8. The summed E-state index contributed by atoms with van der Waals surface area (Å²) in [5, 5.41) is 2.05. The molecule has 0 aliphatic carbocycles. The van der Waals surface area contributed by atoms with Crippen LogP contribution < -0.4 is 0 Å². The molecule has 1 aromatic heterocycles. The zero-order chi connectivity index (χ0) is 20.9. The lowest BCUT2D eigenvalue weighted by Gasteiger charge is -2.36. The zero-order valence-corrected chi connectivity index (χ0v) is 19.2. The van der Waals surface area contributed by atoms with Gasteiger partial charge in [0.2, 0.25) is 0 Å². The minimum absolute atomic E-state index is 0.0285. The maximum atomic E-state index is 13.1. The number of benzene rings is 1. The van der Waals surface area contributed by atoms with Crippen LogP contribution in [0.4, 0.5) is 0 Å². The van der Waals surface area contributed by atoms with E-state index in [1.54, 1.807) is 28.0 Å². The lowest BCUT2D eigenvalue weighted by Crippen LogP contribution is -2.54. The van der Waals surface area contributed by atoms with Gasteiger partial charge in [-0.15, -0.1) is 23.1 Å². The first-order chi connectivity index (χ1) is 14.0. The fraction of sp³-hybridized carbons (Fsp3) is 0.450. The SMILES string of the molecule is CCN(CC)S(=O)(=O)N1CCN(C(=O)c2ccccc2SCc2cccs2)CC1. The molecular formula is C20H27N3O3S3. The van der Waals surface area contributed by atoms with Gasteiger partial charge in [0.1, 0.15) is 0 Å². The van der Waals surface area contributed by atoms with E-state index < -0.39 is 10.2 Å². The second kappa shape index (κ2) is 10.1. The average molecular weight is 454 g/mol. The van der Waals surface area contributed by atoms with Gasteiger partial charge in [0.05, 0.1) is 5.56 Å². The highest BCUT2D eigenvalue weighted by atomic mass is 32.2. The highest BCUT2D eigenvalue weighted by Crippen LogP contribution is 2.29. The van der Waals surface area contributed by atoms with Crippen molar-refractivity contribution in [1.82, 2.24) is 13.5 Å². The number of nitrogens with zero attached hydrogens (tertiary/aromatic N) is 3. The van der Waals surface area contributed by atoms with Crippen molar-refractivity contribution in [3.8, 4) is 0 Å². The Morgan fingerprint density at radius 3 is 2.38 bits per heavy atom. The molecule has 1 amide bonds. The van der Waals surface area contributed by atoms with Crippen LogP contribution in [0.3, 0.4) is 0 Å². The molecule has 0 spiro atoms. The van der Waals surface area contributed by atoms with Crippen molar-refractivity contribution >= 4 is 39.2 Å². The topological polar surface area (TPSA) is 60.9 Å². The first-order valence-electron chi connectivity index (χ1n) is 9.76. The van der Waals surface area contributed by atoms with Crippen LogP contribution >= 0.6 is 23.1 Å². The van der Waals surface area contributed by atoms with Gasteiger partial charge < -0.3 is 4.90 Å². The summed E-state index contributed by atoms with van der Waals surface area (Å²) >= 11 is 3.37. The molecule has 0 unspecified atom stereocenters. The Morgan fingerprint density at radius 1 is 1.07 bits per heavy atom. The predicted octanol–water partition coefficient (Wildman–Crippen LogP) is 3.38. The van der Waals surface area contributed by atoms with E-state index in [4.69, 9.17) is 0 Å². The standard InChI is InChI=1S/C20H27N3O3S3/c1-3-22(4-2)29(25,26)23-13-11-21(12-14-23)20(24)18-9-5-6-10-19(18)28-16-17-8-7-15-27-17/h5-10,15H,3-4,11-14,16H2,1-2H3. The van der Waals surface area contributed by atoms with Crippen molar-refractivity contribution < 1.29 is 13.2 Å². The summed E-state index contributed by atoms with van der Waals surface area (Å²) in [5.41, 5.74) is 0.689. The minimum atomic E-state index is -3.45. The van der Waals surface area contributed by atoms with Gasteiger partial charge >= 0.3 is 0 Å². The molecule has 1 aliphatic rings. The van der Waals surface area contributed by atoms with E-state index in [0.29, 0.717) is 44.8 Å². The highest BCUT2D eigenvalue weighted by molar-refractivity contribution is 7.98. The number of piperazine rings is 1. The Hall–Kier alpha value is -1.39. The fourth-order valence-corrected chi connectivity index (χ4v) is 6.74. The van der Waals surface area contributed by atoms with E-state index in [9.17, 15) is 13.2 Å². The molecular weight excluding hydrogens is 426 g/mol. The number of hydrogen-bond acceptors (Lipinski definition) is 5. The van der Waals surface area contributed by atoms with Gasteiger partial charge in [0, 0.05) is 54.8 Å². The maximum absolute atomic E-state index is 13.1. The molecule has 0 radical (unpaired) electrons. The third-order valence-electron chi connectivity index (χ3n) is 4.95. The Balaban J connectivity index is 1.65. The number of rotatable bonds is 8. The first kappa shape index (κ1) is 22.3. The van der Waals surface area contributed by atoms with Gasteiger partial charge in [-0.25, -0.2) is 0 Å². The van der Waals surface area contributed by atoms with Crippen molar-refractivity contribution in [3.63, 3.8) is 0 Å². The molecule has 1 fully saturated rings. The number of hydrogen-bond donors (Lipinski definition) is 0. The van der Waals surface area contributed by atoms with Crippen molar-refractivity contribution in [3.05, 3.63) is 52.2 Å². The number of carbonyl (C=O) groups is 1. The van der Waals surface area contributed by atoms with Crippen molar-refractivity contribution in [2.24, 2.45) is 0 Å². The van der Waals surface area contributed by atoms with Crippen molar-refractivity contribution in [1.29, 1.82) is 0 Å². The summed E-state index contributed by atoms with van der Waals surface area (Å²) in [6, 6.07) is 11.8. The Morgan fingerprint density at radius 2 is 1.76 bits per heavy atom. The lowest BCUT2D eigenvalue weighted by atomic mass is 10.2. The van der Waals surface area contributed by atoms with Crippen LogP contribution in [0.2, 0.25) is 0 Å². The largest absolute Gasteiger partial charge is 0.336 e. The van der Waals surface area contributed by atoms with Gasteiger partial charge in [-0.3, -0.25) is 4.79 Å². The molecule has 158 valence electrons. The molecule has 9 heteroatoms. The Bertz CT molecular complexity index is 904. The number of amides is 1. The van der Waals surface area contributed by atoms with Gasteiger partial charge in [-0.1, -0.05) is 32.0 Å². The summed E-state index contributed by atoms with van der Waals surface area (Å²) in [4.78, 5) is 17.1. The number of thioether (sulfide) groups is 1. The van der Waals surface area contributed by atoms with Crippen LogP contribution in [-0.2, 0) is 16.0 Å². The third-order valence-corrected chi connectivity index (χ3v) is 9.32. The van der Waals surface area contributed by atoms with Gasteiger partial charge in [-0.05, 0) is 23.6 Å². The van der Waals surface area contributed by atoms with Gasteiger partial charge in [0.15, 0.2) is 0 Å². The van der Waals surface area contributed by atoms with E-state index in [1.807, 2.05) is 44.2 Å². The highest BCUT2D eigenvalue weighted by Gasteiger charge is 2.32. The summed E-state index contributed by atoms with van der Waals surface area (Å²) < 4.78 is 28.3. The molecule has 1 aliphatic heterocycles. The maximum Gasteiger partial charge on any atom is 0.282 e. The summed E-state index contributed by atoms with van der Waals surface area (Å²) in [5.74, 6) is 0.803. The fourth-order valence-electron chi connectivity index (χ4n) is 3.32. The van der Waals surface area contributed by atoms with Crippen LogP contribution in [0.15, 0.2) is 46.7 Å². The lowest BCUT2D eigenvalue weighted by molar-refractivity contribution is 0.0690.